The van der Waals surface area contributed by atoms with E-state index in [0.717, 1.165) is 4.90 Å². The Hall–Kier alpha value is -3.42. The van der Waals surface area contributed by atoms with Crippen LogP contribution in [0.3, 0.4) is 0 Å². The average molecular weight is 341 g/mol. The summed E-state index contributed by atoms with van der Waals surface area (Å²) in [6.07, 6.45) is 0. The van der Waals surface area contributed by atoms with Crippen molar-refractivity contribution in [3.63, 3.8) is 0 Å². The lowest BCUT2D eigenvalue weighted by atomic mass is 10.1. The van der Waals surface area contributed by atoms with E-state index in [2.05, 4.69) is 5.32 Å². The van der Waals surface area contributed by atoms with Gasteiger partial charge in [0.25, 0.3) is 17.5 Å². The number of hydrogen-bond acceptors (Lipinski definition) is 6. The molecule has 0 atom stereocenters. The molecular formula is C17H15N3O5. The first-order valence-corrected chi connectivity index (χ1v) is 7.54. The van der Waals surface area contributed by atoms with Crippen LogP contribution in [0.1, 0.15) is 20.7 Å². The van der Waals surface area contributed by atoms with Gasteiger partial charge in [0.2, 0.25) is 0 Å². The number of nitrogens with zero attached hydrogens (tertiary/aromatic N) is 2. The van der Waals surface area contributed by atoms with E-state index in [0.29, 0.717) is 22.6 Å². The molecule has 3 rings (SSSR count). The number of ether oxygens (including phenoxy) is 1. The van der Waals surface area contributed by atoms with Gasteiger partial charge in [-0.25, -0.2) is 0 Å². The molecule has 1 aliphatic rings. The van der Waals surface area contributed by atoms with E-state index >= 15 is 0 Å². The summed E-state index contributed by atoms with van der Waals surface area (Å²) in [4.78, 5) is 36.3. The highest BCUT2D eigenvalue weighted by Crippen LogP contribution is 2.29. The quantitative estimate of drug-likeness (QED) is 0.491. The Labute approximate surface area is 143 Å². The van der Waals surface area contributed by atoms with Crippen LogP contribution in [-0.2, 0) is 0 Å². The molecule has 0 bridgehead atoms. The minimum absolute atomic E-state index is 0.107. The monoisotopic (exact) mass is 341 g/mol. The van der Waals surface area contributed by atoms with Crippen molar-refractivity contribution in [2.24, 2.45) is 0 Å². The Morgan fingerprint density at radius 1 is 1.12 bits per heavy atom. The second-order valence-corrected chi connectivity index (χ2v) is 5.37. The minimum atomic E-state index is -0.521. The first-order chi connectivity index (χ1) is 12.0. The van der Waals surface area contributed by atoms with Crippen molar-refractivity contribution in [2.45, 2.75) is 0 Å². The van der Waals surface area contributed by atoms with E-state index in [9.17, 15) is 19.7 Å². The molecule has 0 saturated carbocycles. The second-order valence-electron chi connectivity index (χ2n) is 5.37. The molecule has 2 aromatic rings. The fraction of sp³-hybridized carbons (Fsp3) is 0.176. The van der Waals surface area contributed by atoms with E-state index < -0.39 is 4.92 Å². The predicted molar refractivity (Wildman–Crippen MR) is 89.9 cm³/mol. The minimum Gasteiger partial charge on any atom is -0.496 e. The third-order valence-electron chi connectivity index (χ3n) is 3.93. The first kappa shape index (κ1) is 16.4. The lowest BCUT2D eigenvalue weighted by molar-refractivity contribution is -0.384. The Morgan fingerprint density at radius 3 is 2.32 bits per heavy atom. The maximum atomic E-state index is 12.3. The van der Waals surface area contributed by atoms with Crippen molar-refractivity contribution in [3.8, 4) is 5.75 Å². The topological polar surface area (TPSA) is 102 Å². The van der Waals surface area contributed by atoms with E-state index in [1.165, 1.54) is 19.2 Å². The summed E-state index contributed by atoms with van der Waals surface area (Å²) in [5.74, 6) is -0.337. The summed E-state index contributed by atoms with van der Waals surface area (Å²) in [7, 11) is 1.43. The van der Waals surface area contributed by atoms with Crippen molar-refractivity contribution in [3.05, 3.63) is 63.7 Å². The van der Waals surface area contributed by atoms with Crippen molar-refractivity contribution >= 4 is 23.2 Å². The molecule has 2 aromatic carbocycles. The molecule has 0 saturated heterocycles. The second kappa shape index (κ2) is 6.60. The number of methoxy groups -OCH3 is 1. The number of imide groups is 1. The maximum absolute atomic E-state index is 12.3. The highest BCUT2D eigenvalue weighted by molar-refractivity contribution is 6.21. The van der Waals surface area contributed by atoms with Crippen molar-refractivity contribution < 1.29 is 19.2 Å². The number of nitro groups is 1. The fourth-order valence-electron chi connectivity index (χ4n) is 2.68. The van der Waals surface area contributed by atoms with Gasteiger partial charge in [-0.3, -0.25) is 24.6 Å². The third-order valence-corrected chi connectivity index (χ3v) is 3.93. The molecule has 0 unspecified atom stereocenters. The van der Waals surface area contributed by atoms with Crippen LogP contribution < -0.4 is 10.1 Å². The van der Waals surface area contributed by atoms with Gasteiger partial charge in [-0.2, -0.15) is 0 Å². The molecular weight excluding hydrogens is 326 g/mol. The summed E-state index contributed by atoms with van der Waals surface area (Å²) < 4.78 is 4.98. The third kappa shape index (κ3) is 3.01. The van der Waals surface area contributed by atoms with Crippen LogP contribution in [0.25, 0.3) is 0 Å². The predicted octanol–water partition coefficient (Wildman–Crippen LogP) is 2.31. The molecule has 1 N–H and O–H groups in total. The van der Waals surface area contributed by atoms with Gasteiger partial charge in [0, 0.05) is 13.1 Å². The molecule has 8 heteroatoms. The highest BCUT2D eigenvalue weighted by Gasteiger charge is 2.34. The lowest BCUT2D eigenvalue weighted by Crippen LogP contribution is -2.34. The first-order valence-electron chi connectivity index (χ1n) is 7.54. The van der Waals surface area contributed by atoms with Gasteiger partial charge < -0.3 is 10.1 Å². The maximum Gasteiger partial charge on any atom is 0.296 e. The van der Waals surface area contributed by atoms with Crippen molar-refractivity contribution in [2.75, 3.05) is 25.5 Å². The summed E-state index contributed by atoms with van der Waals surface area (Å²) >= 11 is 0. The van der Waals surface area contributed by atoms with Gasteiger partial charge in [-0.1, -0.05) is 12.1 Å². The van der Waals surface area contributed by atoms with Crippen molar-refractivity contribution in [1.82, 2.24) is 4.90 Å². The number of nitro benzene ring substituents is 1. The van der Waals surface area contributed by atoms with Crippen molar-refractivity contribution in [1.29, 1.82) is 0 Å². The zero-order chi connectivity index (χ0) is 18.0. The number of benzene rings is 2. The zero-order valence-electron chi connectivity index (χ0n) is 13.4. The smallest absolute Gasteiger partial charge is 0.296 e. The van der Waals surface area contributed by atoms with Crippen LogP contribution in [0.4, 0.5) is 11.4 Å². The number of amides is 2. The van der Waals surface area contributed by atoms with E-state index in [1.54, 1.807) is 30.3 Å². The number of nitrogens with one attached hydrogen (secondary N) is 1. The average Bonchev–Trinajstić information content (AvgIpc) is 2.87. The molecule has 25 heavy (non-hydrogen) atoms. The van der Waals surface area contributed by atoms with Gasteiger partial charge in [0.1, 0.15) is 11.4 Å². The van der Waals surface area contributed by atoms with E-state index in [1.807, 2.05) is 0 Å². The Morgan fingerprint density at radius 2 is 1.76 bits per heavy atom. The fourth-order valence-corrected chi connectivity index (χ4v) is 2.68. The van der Waals surface area contributed by atoms with E-state index in [-0.39, 0.29) is 30.6 Å². The number of anilines is 1. The molecule has 0 aromatic heterocycles. The summed E-state index contributed by atoms with van der Waals surface area (Å²) in [5.41, 5.74) is 0.912. The molecule has 2 amide bonds. The van der Waals surface area contributed by atoms with Gasteiger partial charge >= 0.3 is 0 Å². The molecule has 0 aliphatic carbocycles. The SMILES string of the molecule is COc1ccc(NCCN2C(=O)c3ccccc3C2=O)c([N+](=O)[O-])c1. The van der Waals surface area contributed by atoms with Gasteiger partial charge in [0.05, 0.1) is 29.2 Å². The van der Waals surface area contributed by atoms with Gasteiger partial charge in [0.15, 0.2) is 0 Å². The Kier molecular flexibility index (Phi) is 4.34. The lowest BCUT2D eigenvalue weighted by Gasteiger charge is -2.15. The number of carbonyl (C=O) groups is 2. The van der Waals surface area contributed by atoms with Crippen LogP contribution in [0.5, 0.6) is 5.75 Å². The largest absolute Gasteiger partial charge is 0.496 e. The zero-order valence-corrected chi connectivity index (χ0v) is 13.4. The summed E-state index contributed by atoms with van der Waals surface area (Å²) in [5, 5.41) is 14.1. The Bertz CT molecular complexity index is 830. The number of carbonyl (C=O) groups excluding carboxylic acids is 2. The summed E-state index contributed by atoms with van der Waals surface area (Å²) in [6.45, 7) is 0.300. The molecule has 0 fully saturated rings. The van der Waals surface area contributed by atoms with Crippen LogP contribution in [-0.4, -0.2) is 41.8 Å². The standard InChI is InChI=1S/C17H15N3O5/c1-25-11-6-7-14(15(10-11)20(23)24)18-8-9-19-16(21)12-4-2-3-5-13(12)17(19)22/h2-7,10,18H,8-9H2,1H3. The molecule has 128 valence electrons. The molecule has 0 spiro atoms. The molecule has 0 radical (unpaired) electrons. The van der Waals surface area contributed by atoms with Gasteiger partial charge in [-0.05, 0) is 24.3 Å². The number of rotatable bonds is 6. The van der Waals surface area contributed by atoms with Crippen LogP contribution >= 0.6 is 0 Å². The number of hydrogen-bond donors (Lipinski definition) is 1. The van der Waals surface area contributed by atoms with Crippen LogP contribution in [0, 0.1) is 10.1 Å². The van der Waals surface area contributed by atoms with Gasteiger partial charge in [-0.15, -0.1) is 0 Å². The molecule has 1 heterocycles. The highest BCUT2D eigenvalue weighted by atomic mass is 16.6. The Balaban J connectivity index is 1.69. The summed E-state index contributed by atoms with van der Waals surface area (Å²) in [6, 6.07) is 11.1. The molecule has 1 aliphatic heterocycles. The van der Waals surface area contributed by atoms with E-state index in [4.69, 9.17) is 4.74 Å². The van der Waals surface area contributed by atoms with Crippen LogP contribution in [0.2, 0.25) is 0 Å². The van der Waals surface area contributed by atoms with Crippen LogP contribution in [0.15, 0.2) is 42.5 Å². The molecule has 8 nitrogen and oxygen atoms in total. The normalized spacial score (nSPS) is 12.9. The number of fused-ring (bicyclic) bond motifs is 1.